The molecule has 1 aromatic heterocycles. The molecule has 0 aromatic carbocycles. The van der Waals surface area contributed by atoms with Crippen LogP contribution >= 0.6 is 11.3 Å². The van der Waals surface area contributed by atoms with E-state index < -0.39 is 18.0 Å². The summed E-state index contributed by atoms with van der Waals surface area (Å²) in [6.07, 6.45) is 1.68. The lowest BCUT2D eigenvalue weighted by Crippen LogP contribution is -2.48. The predicted octanol–water partition coefficient (Wildman–Crippen LogP) is 1.41. The lowest BCUT2D eigenvalue weighted by molar-refractivity contribution is -0.141. The molecule has 0 aliphatic carbocycles. The number of nitrogens with zero attached hydrogens (tertiary/aromatic N) is 2. The Morgan fingerprint density at radius 3 is 2.71 bits per heavy atom. The average molecular weight is 315 g/mol. The molecule has 1 atom stereocenters. The fourth-order valence-corrected chi connectivity index (χ4v) is 2.13. The Balaban J connectivity index is 2.45. The number of ether oxygens (including phenoxy) is 1. The van der Waals surface area contributed by atoms with Gasteiger partial charge in [0.1, 0.15) is 0 Å². The van der Waals surface area contributed by atoms with Crippen molar-refractivity contribution in [2.75, 3.05) is 20.3 Å². The van der Waals surface area contributed by atoms with Crippen LogP contribution in [0.15, 0.2) is 11.7 Å². The second-order valence-electron chi connectivity index (χ2n) is 5.10. The van der Waals surface area contributed by atoms with Crippen molar-refractivity contribution < 1.29 is 19.4 Å². The minimum absolute atomic E-state index is 0.0480. The van der Waals surface area contributed by atoms with Crippen LogP contribution in [-0.2, 0) is 16.1 Å². The highest BCUT2D eigenvalue weighted by molar-refractivity contribution is 7.09. The van der Waals surface area contributed by atoms with E-state index in [1.807, 2.05) is 13.8 Å². The standard InChI is InChI=1S/C13H21N3O4S/c1-9(2)6-20-7-11(12(17)18)15-13(19)16(3)5-10-4-14-8-21-10/h4,8-9,11H,5-7H2,1-3H3,(H,15,19)(H,17,18)/t11-/m0/s1. The summed E-state index contributed by atoms with van der Waals surface area (Å²) in [7, 11) is 1.60. The van der Waals surface area contributed by atoms with Crippen molar-refractivity contribution in [3.05, 3.63) is 16.6 Å². The third kappa shape index (κ3) is 6.54. The van der Waals surface area contributed by atoms with E-state index in [0.717, 1.165) is 4.88 Å². The third-order valence-electron chi connectivity index (χ3n) is 2.55. The Morgan fingerprint density at radius 2 is 2.19 bits per heavy atom. The fourth-order valence-electron chi connectivity index (χ4n) is 1.48. The minimum atomic E-state index is -1.11. The summed E-state index contributed by atoms with van der Waals surface area (Å²) < 4.78 is 5.28. The molecule has 0 unspecified atom stereocenters. The zero-order valence-electron chi connectivity index (χ0n) is 12.4. The van der Waals surface area contributed by atoms with Gasteiger partial charge >= 0.3 is 12.0 Å². The first-order chi connectivity index (χ1) is 9.90. The highest BCUT2D eigenvalue weighted by Crippen LogP contribution is 2.08. The van der Waals surface area contributed by atoms with Gasteiger partial charge in [0.25, 0.3) is 0 Å². The molecule has 1 aromatic rings. The van der Waals surface area contributed by atoms with Crippen molar-refractivity contribution in [1.29, 1.82) is 0 Å². The molecule has 21 heavy (non-hydrogen) atoms. The topological polar surface area (TPSA) is 91.8 Å². The average Bonchev–Trinajstić information content (AvgIpc) is 2.89. The molecule has 1 heterocycles. The summed E-state index contributed by atoms with van der Waals surface area (Å²) in [6, 6.07) is -1.51. The molecule has 1 rings (SSSR count). The number of thiazole rings is 1. The number of carboxylic acid groups (broad SMARTS) is 1. The maximum absolute atomic E-state index is 12.0. The number of urea groups is 1. The maximum atomic E-state index is 12.0. The number of carbonyl (C=O) groups excluding carboxylic acids is 1. The molecule has 0 fully saturated rings. The molecule has 118 valence electrons. The normalized spacial score (nSPS) is 12.2. The number of carboxylic acids is 1. The Hall–Kier alpha value is -1.67. The Labute approximate surface area is 127 Å². The van der Waals surface area contributed by atoms with Crippen molar-refractivity contribution in [3.8, 4) is 0 Å². The van der Waals surface area contributed by atoms with E-state index in [1.54, 1.807) is 18.8 Å². The van der Waals surface area contributed by atoms with Crippen LogP contribution in [0.2, 0.25) is 0 Å². The monoisotopic (exact) mass is 315 g/mol. The molecule has 0 radical (unpaired) electrons. The molecule has 0 aliphatic heterocycles. The van der Waals surface area contributed by atoms with E-state index in [0.29, 0.717) is 19.1 Å². The Morgan fingerprint density at radius 1 is 1.48 bits per heavy atom. The number of nitrogens with one attached hydrogen (secondary N) is 1. The summed E-state index contributed by atoms with van der Waals surface area (Å²) >= 11 is 1.44. The largest absolute Gasteiger partial charge is 0.480 e. The van der Waals surface area contributed by atoms with Crippen LogP contribution in [0.1, 0.15) is 18.7 Å². The van der Waals surface area contributed by atoms with Crippen molar-refractivity contribution in [2.45, 2.75) is 26.4 Å². The molecule has 2 N–H and O–H groups in total. The summed E-state index contributed by atoms with van der Waals surface area (Å²) in [5.41, 5.74) is 1.68. The molecule has 7 nitrogen and oxygen atoms in total. The van der Waals surface area contributed by atoms with Gasteiger partial charge in [0.05, 0.1) is 18.7 Å². The van der Waals surface area contributed by atoms with E-state index >= 15 is 0 Å². The van der Waals surface area contributed by atoms with Gasteiger partial charge in [-0.15, -0.1) is 11.3 Å². The van der Waals surface area contributed by atoms with Gasteiger partial charge in [0.15, 0.2) is 6.04 Å². The smallest absolute Gasteiger partial charge is 0.328 e. The van der Waals surface area contributed by atoms with Gasteiger partial charge in [0.2, 0.25) is 0 Å². The minimum Gasteiger partial charge on any atom is -0.480 e. The van der Waals surface area contributed by atoms with E-state index in [2.05, 4.69) is 10.3 Å². The van der Waals surface area contributed by atoms with Crippen molar-refractivity contribution in [2.24, 2.45) is 5.92 Å². The summed E-state index contributed by atoms with van der Waals surface area (Å²) in [5, 5.41) is 11.6. The van der Waals surface area contributed by atoms with Gasteiger partial charge in [0, 0.05) is 24.7 Å². The first-order valence-corrected chi connectivity index (χ1v) is 7.47. The summed E-state index contributed by atoms with van der Waals surface area (Å²) in [6.45, 7) is 4.73. The Kier molecular flexibility index (Phi) is 7.10. The first-order valence-electron chi connectivity index (χ1n) is 6.59. The van der Waals surface area contributed by atoms with Gasteiger partial charge in [-0.2, -0.15) is 0 Å². The fraction of sp³-hybridized carbons (Fsp3) is 0.615. The lowest BCUT2D eigenvalue weighted by atomic mass is 10.2. The summed E-state index contributed by atoms with van der Waals surface area (Å²) in [5.74, 6) is -0.803. The number of carbonyl (C=O) groups is 2. The highest BCUT2D eigenvalue weighted by Gasteiger charge is 2.22. The SMILES string of the molecule is CC(C)COC[C@H](NC(=O)N(C)Cc1cncs1)C(=O)O. The second-order valence-corrected chi connectivity index (χ2v) is 6.07. The van der Waals surface area contributed by atoms with Gasteiger partial charge in [-0.25, -0.2) is 9.59 Å². The van der Waals surface area contributed by atoms with E-state index in [4.69, 9.17) is 9.84 Å². The molecule has 0 spiro atoms. The van der Waals surface area contributed by atoms with Gasteiger partial charge in [-0.05, 0) is 5.92 Å². The van der Waals surface area contributed by atoms with Gasteiger partial charge in [-0.1, -0.05) is 13.8 Å². The van der Waals surface area contributed by atoms with E-state index in [-0.39, 0.29) is 6.61 Å². The zero-order chi connectivity index (χ0) is 15.8. The van der Waals surface area contributed by atoms with Crippen molar-refractivity contribution in [1.82, 2.24) is 15.2 Å². The van der Waals surface area contributed by atoms with Crippen LogP contribution < -0.4 is 5.32 Å². The van der Waals surface area contributed by atoms with Crippen LogP contribution in [0.25, 0.3) is 0 Å². The lowest BCUT2D eigenvalue weighted by Gasteiger charge is -2.21. The molecule has 0 saturated heterocycles. The quantitative estimate of drug-likeness (QED) is 0.757. The third-order valence-corrected chi connectivity index (χ3v) is 3.32. The zero-order valence-corrected chi connectivity index (χ0v) is 13.2. The predicted molar refractivity (Wildman–Crippen MR) is 79.2 cm³/mol. The molecule has 0 bridgehead atoms. The van der Waals surface area contributed by atoms with Crippen LogP contribution in [0.3, 0.4) is 0 Å². The number of aliphatic carboxylic acids is 1. The Bertz CT molecular complexity index is 450. The molecular weight excluding hydrogens is 294 g/mol. The summed E-state index contributed by atoms with van der Waals surface area (Å²) in [4.78, 5) is 29.4. The first kappa shape index (κ1) is 17.4. The maximum Gasteiger partial charge on any atom is 0.328 e. The second kappa shape index (κ2) is 8.58. The number of aromatic nitrogens is 1. The highest BCUT2D eigenvalue weighted by atomic mass is 32.1. The molecule has 2 amide bonds. The van der Waals surface area contributed by atoms with Crippen LogP contribution in [0.5, 0.6) is 0 Å². The van der Waals surface area contributed by atoms with Crippen LogP contribution in [-0.4, -0.2) is 53.3 Å². The van der Waals surface area contributed by atoms with E-state index in [1.165, 1.54) is 16.2 Å². The van der Waals surface area contributed by atoms with Crippen molar-refractivity contribution in [3.63, 3.8) is 0 Å². The van der Waals surface area contributed by atoms with Gasteiger partial charge < -0.3 is 20.1 Å². The molecule has 8 heteroatoms. The van der Waals surface area contributed by atoms with Gasteiger partial charge in [-0.3, -0.25) is 4.98 Å². The number of amides is 2. The molecular formula is C13H21N3O4S. The van der Waals surface area contributed by atoms with Crippen molar-refractivity contribution >= 4 is 23.3 Å². The number of hydrogen-bond donors (Lipinski definition) is 2. The van der Waals surface area contributed by atoms with Crippen LogP contribution in [0.4, 0.5) is 4.79 Å². The van der Waals surface area contributed by atoms with Crippen LogP contribution in [0, 0.1) is 5.92 Å². The van der Waals surface area contributed by atoms with E-state index in [9.17, 15) is 9.59 Å². The molecule has 0 saturated carbocycles. The number of hydrogen-bond acceptors (Lipinski definition) is 5. The molecule has 0 aliphatic rings. The number of rotatable bonds is 8.